The molecule has 2 aromatic carbocycles. The van der Waals surface area contributed by atoms with Gasteiger partial charge in [0.2, 0.25) is 5.95 Å². The van der Waals surface area contributed by atoms with E-state index >= 15 is 0 Å². The van der Waals surface area contributed by atoms with E-state index in [0.29, 0.717) is 11.9 Å². The zero-order valence-electron chi connectivity index (χ0n) is 13.9. The van der Waals surface area contributed by atoms with Crippen LogP contribution in [-0.4, -0.2) is 14.9 Å². The molecule has 0 bridgehead atoms. The van der Waals surface area contributed by atoms with E-state index in [-0.39, 0.29) is 17.3 Å². The van der Waals surface area contributed by atoms with Crippen LogP contribution in [-0.2, 0) is 6.18 Å². The number of aromatic nitrogens is 2. The summed E-state index contributed by atoms with van der Waals surface area (Å²) in [5.41, 5.74) is -0.402. The minimum absolute atomic E-state index is 0.0291. The highest BCUT2D eigenvalue weighted by atomic mass is 127. The Kier molecular flexibility index (Phi) is 5.63. The van der Waals surface area contributed by atoms with E-state index in [1.807, 2.05) is 12.1 Å². The van der Waals surface area contributed by atoms with Gasteiger partial charge in [-0.1, -0.05) is 0 Å². The number of hydrogen-bond acceptors (Lipinski definition) is 6. The fourth-order valence-electron chi connectivity index (χ4n) is 2.21. The van der Waals surface area contributed by atoms with Gasteiger partial charge in [0.25, 0.3) is 5.69 Å². The Hall–Kier alpha value is -2.96. The number of non-ortho nitro benzene ring substituents is 1. The maximum absolute atomic E-state index is 13.3. The van der Waals surface area contributed by atoms with Crippen LogP contribution in [0.25, 0.3) is 0 Å². The van der Waals surface area contributed by atoms with Crippen LogP contribution in [0.2, 0.25) is 0 Å². The van der Waals surface area contributed by atoms with Gasteiger partial charge >= 0.3 is 6.18 Å². The first-order valence-electron chi connectivity index (χ1n) is 7.71. The van der Waals surface area contributed by atoms with E-state index < -0.39 is 22.5 Å². The van der Waals surface area contributed by atoms with Gasteiger partial charge in [0, 0.05) is 33.3 Å². The first-order valence-corrected chi connectivity index (χ1v) is 8.78. The average Bonchev–Trinajstić information content (AvgIpc) is 2.63. The number of anilines is 4. The highest BCUT2D eigenvalue weighted by Crippen LogP contribution is 2.35. The Balaban J connectivity index is 1.91. The number of halogens is 4. The van der Waals surface area contributed by atoms with Crippen LogP contribution in [0.15, 0.2) is 54.7 Å². The minimum atomic E-state index is -4.68. The summed E-state index contributed by atoms with van der Waals surface area (Å²) in [5, 5.41) is 16.1. The van der Waals surface area contributed by atoms with Crippen LogP contribution in [0.5, 0.6) is 0 Å². The number of nitrogens with one attached hydrogen (secondary N) is 2. The third-order valence-corrected chi connectivity index (χ3v) is 4.25. The summed E-state index contributed by atoms with van der Waals surface area (Å²) < 4.78 is 40.9. The van der Waals surface area contributed by atoms with Gasteiger partial charge in [0.05, 0.1) is 4.92 Å². The molecule has 144 valence electrons. The minimum Gasteiger partial charge on any atom is -0.340 e. The van der Waals surface area contributed by atoms with Crippen molar-refractivity contribution in [2.75, 3.05) is 10.6 Å². The van der Waals surface area contributed by atoms with E-state index in [2.05, 4.69) is 43.2 Å². The molecular weight excluding hydrogens is 490 g/mol. The lowest BCUT2D eigenvalue weighted by Crippen LogP contribution is -2.12. The largest absolute Gasteiger partial charge is 0.421 e. The molecule has 0 saturated heterocycles. The Labute approximate surface area is 170 Å². The molecule has 0 amide bonds. The van der Waals surface area contributed by atoms with E-state index in [4.69, 9.17) is 0 Å². The number of nitro groups is 1. The fourth-order valence-corrected chi connectivity index (χ4v) is 2.57. The van der Waals surface area contributed by atoms with Crippen molar-refractivity contribution in [1.29, 1.82) is 0 Å². The molecule has 0 aliphatic carbocycles. The van der Waals surface area contributed by atoms with Gasteiger partial charge in [-0.25, -0.2) is 4.98 Å². The van der Waals surface area contributed by atoms with E-state index in [1.54, 1.807) is 12.1 Å². The normalized spacial score (nSPS) is 11.1. The molecular formula is C17H11F3IN5O2. The molecule has 3 aromatic rings. The van der Waals surface area contributed by atoms with Crippen molar-refractivity contribution < 1.29 is 18.1 Å². The molecule has 0 spiro atoms. The topological polar surface area (TPSA) is 93.0 Å². The summed E-state index contributed by atoms with van der Waals surface area (Å²) in [6, 6.07) is 12.1. The molecule has 0 radical (unpaired) electrons. The molecule has 7 nitrogen and oxygen atoms in total. The molecule has 3 rings (SSSR count). The number of hydrogen-bond donors (Lipinski definition) is 2. The Morgan fingerprint density at radius 3 is 2.11 bits per heavy atom. The zero-order valence-corrected chi connectivity index (χ0v) is 16.0. The molecule has 0 aliphatic rings. The SMILES string of the molecule is O=[N+]([O-])c1ccc(Nc2nc(Nc3ccc(I)cc3)ncc2C(F)(F)F)cc1. The summed E-state index contributed by atoms with van der Waals surface area (Å²) in [4.78, 5) is 17.8. The number of nitrogens with zero attached hydrogens (tertiary/aromatic N) is 3. The monoisotopic (exact) mass is 501 g/mol. The van der Waals surface area contributed by atoms with Gasteiger partial charge in [-0.15, -0.1) is 0 Å². The number of nitro benzene ring substituents is 1. The van der Waals surface area contributed by atoms with Gasteiger partial charge in [-0.2, -0.15) is 18.2 Å². The highest BCUT2D eigenvalue weighted by molar-refractivity contribution is 14.1. The number of rotatable bonds is 5. The molecule has 0 unspecified atom stereocenters. The van der Waals surface area contributed by atoms with E-state index in [1.165, 1.54) is 24.3 Å². The Morgan fingerprint density at radius 2 is 1.54 bits per heavy atom. The lowest BCUT2D eigenvalue weighted by Gasteiger charge is -2.15. The van der Waals surface area contributed by atoms with Crippen LogP contribution < -0.4 is 10.6 Å². The molecule has 2 N–H and O–H groups in total. The van der Waals surface area contributed by atoms with Crippen molar-refractivity contribution in [3.8, 4) is 0 Å². The maximum atomic E-state index is 13.3. The quantitative estimate of drug-likeness (QED) is 0.273. The van der Waals surface area contributed by atoms with Crippen LogP contribution in [0.4, 0.5) is 42.0 Å². The summed E-state index contributed by atoms with van der Waals surface area (Å²) >= 11 is 2.13. The number of benzene rings is 2. The van der Waals surface area contributed by atoms with Crippen LogP contribution in [0, 0.1) is 13.7 Å². The van der Waals surface area contributed by atoms with Gasteiger partial charge in [-0.05, 0) is 59.0 Å². The lowest BCUT2D eigenvalue weighted by atomic mass is 10.2. The van der Waals surface area contributed by atoms with E-state index in [9.17, 15) is 23.3 Å². The molecule has 1 aromatic heterocycles. The second kappa shape index (κ2) is 7.96. The van der Waals surface area contributed by atoms with Crippen molar-refractivity contribution in [3.63, 3.8) is 0 Å². The molecule has 28 heavy (non-hydrogen) atoms. The van der Waals surface area contributed by atoms with Crippen LogP contribution in [0.3, 0.4) is 0 Å². The molecule has 0 aliphatic heterocycles. The third kappa shape index (κ3) is 4.85. The van der Waals surface area contributed by atoms with Gasteiger partial charge in [0.15, 0.2) is 0 Å². The predicted molar refractivity (Wildman–Crippen MR) is 106 cm³/mol. The fraction of sp³-hybridized carbons (Fsp3) is 0.0588. The smallest absolute Gasteiger partial charge is 0.340 e. The Morgan fingerprint density at radius 1 is 0.964 bits per heavy atom. The first kappa shape index (κ1) is 19.8. The van der Waals surface area contributed by atoms with Crippen molar-refractivity contribution >= 4 is 51.4 Å². The predicted octanol–water partition coefficient (Wildman–Crippen LogP) is 5.50. The summed E-state index contributed by atoms with van der Waals surface area (Å²) in [6.45, 7) is 0. The maximum Gasteiger partial charge on any atom is 0.421 e. The second-order valence-electron chi connectivity index (χ2n) is 5.51. The zero-order chi connectivity index (χ0) is 20.3. The standard InChI is InChI=1S/C17H11F3IN5O2/c18-17(19,20)14-9-22-16(24-12-3-1-10(21)2-4-12)25-15(14)23-11-5-7-13(8-6-11)26(27)28/h1-9H,(H2,22,23,24,25). The van der Waals surface area contributed by atoms with Crippen molar-refractivity contribution in [1.82, 2.24) is 9.97 Å². The summed E-state index contributed by atoms with van der Waals surface area (Å²) in [5.74, 6) is -0.497. The van der Waals surface area contributed by atoms with Crippen molar-refractivity contribution in [3.05, 3.63) is 74.0 Å². The molecule has 0 saturated carbocycles. The highest BCUT2D eigenvalue weighted by Gasteiger charge is 2.35. The van der Waals surface area contributed by atoms with Crippen LogP contribution >= 0.6 is 22.6 Å². The second-order valence-corrected chi connectivity index (χ2v) is 6.76. The summed E-state index contributed by atoms with van der Waals surface area (Å²) in [6.07, 6.45) is -4.00. The molecule has 11 heteroatoms. The van der Waals surface area contributed by atoms with Crippen molar-refractivity contribution in [2.45, 2.75) is 6.18 Å². The average molecular weight is 501 g/mol. The third-order valence-electron chi connectivity index (χ3n) is 3.54. The Bertz CT molecular complexity index is 995. The van der Waals surface area contributed by atoms with Gasteiger partial charge in [0.1, 0.15) is 11.4 Å². The van der Waals surface area contributed by atoms with Crippen LogP contribution in [0.1, 0.15) is 5.56 Å². The molecule has 0 atom stereocenters. The van der Waals surface area contributed by atoms with Gasteiger partial charge in [-0.3, -0.25) is 10.1 Å². The first-order chi connectivity index (χ1) is 13.2. The summed E-state index contributed by atoms with van der Waals surface area (Å²) in [7, 11) is 0. The molecule has 1 heterocycles. The van der Waals surface area contributed by atoms with Gasteiger partial charge < -0.3 is 10.6 Å². The number of alkyl halides is 3. The van der Waals surface area contributed by atoms with E-state index in [0.717, 1.165) is 3.57 Å². The van der Waals surface area contributed by atoms with Crippen molar-refractivity contribution in [2.24, 2.45) is 0 Å². The lowest BCUT2D eigenvalue weighted by molar-refractivity contribution is -0.384. The molecule has 0 fully saturated rings.